The topological polar surface area (TPSA) is 99.2 Å². The molecule has 2 aromatic rings. The SMILES string of the molecule is CCOc1ccc(C[C@H](CNC(=O)c2cc(C)nn2C)C(N)=O)cc1. The Morgan fingerprint density at radius 1 is 1.32 bits per heavy atom. The number of hydrogen-bond acceptors (Lipinski definition) is 4. The number of nitrogens with two attached hydrogens (primary N) is 1. The lowest BCUT2D eigenvalue weighted by molar-refractivity contribution is -0.121. The average molecular weight is 344 g/mol. The molecule has 1 aromatic carbocycles. The normalized spacial score (nSPS) is 11.8. The van der Waals surface area contributed by atoms with E-state index < -0.39 is 11.8 Å². The molecule has 1 atom stereocenters. The molecule has 0 spiro atoms. The van der Waals surface area contributed by atoms with Crippen LogP contribution in [-0.4, -0.2) is 34.7 Å². The maximum atomic E-state index is 12.2. The lowest BCUT2D eigenvalue weighted by Gasteiger charge is -2.15. The summed E-state index contributed by atoms with van der Waals surface area (Å²) in [6, 6.07) is 9.20. The number of primary amides is 1. The molecule has 3 N–H and O–H groups in total. The molecular weight excluding hydrogens is 320 g/mol. The van der Waals surface area contributed by atoms with Crippen LogP contribution in [0.5, 0.6) is 5.75 Å². The fourth-order valence-electron chi connectivity index (χ4n) is 2.58. The minimum absolute atomic E-state index is 0.172. The summed E-state index contributed by atoms with van der Waals surface area (Å²) in [6.45, 7) is 4.51. The molecule has 2 rings (SSSR count). The molecule has 0 aliphatic heterocycles. The highest BCUT2D eigenvalue weighted by Crippen LogP contribution is 2.15. The van der Waals surface area contributed by atoms with Crippen molar-refractivity contribution in [3.63, 3.8) is 0 Å². The Morgan fingerprint density at radius 2 is 2.00 bits per heavy atom. The zero-order valence-electron chi connectivity index (χ0n) is 14.8. The van der Waals surface area contributed by atoms with Crippen LogP contribution in [0, 0.1) is 12.8 Å². The van der Waals surface area contributed by atoms with E-state index in [4.69, 9.17) is 10.5 Å². The molecule has 0 saturated carbocycles. The van der Waals surface area contributed by atoms with Gasteiger partial charge in [0.25, 0.3) is 5.91 Å². The summed E-state index contributed by atoms with van der Waals surface area (Å²) < 4.78 is 6.91. The summed E-state index contributed by atoms with van der Waals surface area (Å²) >= 11 is 0. The molecule has 1 aromatic heterocycles. The maximum absolute atomic E-state index is 12.2. The molecule has 0 fully saturated rings. The fraction of sp³-hybridized carbons (Fsp3) is 0.389. The third kappa shape index (κ3) is 5.07. The third-order valence-corrected chi connectivity index (χ3v) is 3.86. The van der Waals surface area contributed by atoms with Crippen LogP contribution >= 0.6 is 0 Å². The highest BCUT2D eigenvalue weighted by molar-refractivity contribution is 5.93. The van der Waals surface area contributed by atoms with Crippen LogP contribution in [0.1, 0.15) is 28.7 Å². The van der Waals surface area contributed by atoms with Gasteiger partial charge in [0, 0.05) is 13.6 Å². The summed E-state index contributed by atoms with van der Waals surface area (Å²) in [5.41, 5.74) is 7.65. The van der Waals surface area contributed by atoms with E-state index in [-0.39, 0.29) is 12.5 Å². The molecule has 0 aliphatic carbocycles. The van der Waals surface area contributed by atoms with Crippen molar-refractivity contribution in [2.75, 3.05) is 13.2 Å². The van der Waals surface area contributed by atoms with Crippen molar-refractivity contribution in [3.05, 3.63) is 47.3 Å². The Balaban J connectivity index is 1.97. The Hall–Kier alpha value is -2.83. The molecule has 7 heteroatoms. The molecular formula is C18H24N4O3. The summed E-state index contributed by atoms with van der Waals surface area (Å²) in [5, 5.41) is 6.90. The number of nitrogens with one attached hydrogen (secondary N) is 1. The van der Waals surface area contributed by atoms with Gasteiger partial charge in [0.2, 0.25) is 5.91 Å². The lowest BCUT2D eigenvalue weighted by atomic mass is 9.98. The molecule has 0 unspecified atom stereocenters. The third-order valence-electron chi connectivity index (χ3n) is 3.86. The molecule has 7 nitrogen and oxygen atoms in total. The first-order valence-electron chi connectivity index (χ1n) is 8.20. The van der Waals surface area contributed by atoms with Crippen molar-refractivity contribution in [1.82, 2.24) is 15.1 Å². The minimum Gasteiger partial charge on any atom is -0.494 e. The molecule has 2 amide bonds. The number of carbonyl (C=O) groups is 2. The van der Waals surface area contributed by atoms with Crippen molar-refractivity contribution in [2.45, 2.75) is 20.3 Å². The Morgan fingerprint density at radius 3 is 2.52 bits per heavy atom. The molecule has 0 radical (unpaired) electrons. The van der Waals surface area contributed by atoms with Crippen LogP contribution < -0.4 is 15.8 Å². The molecule has 0 bridgehead atoms. The van der Waals surface area contributed by atoms with Gasteiger partial charge in [-0.25, -0.2) is 0 Å². The van der Waals surface area contributed by atoms with E-state index in [0.717, 1.165) is 17.0 Å². The van der Waals surface area contributed by atoms with E-state index in [1.165, 1.54) is 4.68 Å². The van der Waals surface area contributed by atoms with E-state index in [0.29, 0.717) is 18.7 Å². The van der Waals surface area contributed by atoms with Gasteiger partial charge in [0.1, 0.15) is 11.4 Å². The summed E-state index contributed by atoms with van der Waals surface area (Å²) in [4.78, 5) is 24.0. The van der Waals surface area contributed by atoms with Crippen molar-refractivity contribution < 1.29 is 14.3 Å². The van der Waals surface area contributed by atoms with Crippen LogP contribution in [0.3, 0.4) is 0 Å². The second-order valence-electron chi connectivity index (χ2n) is 5.88. The Kier molecular flexibility index (Phi) is 6.16. The first kappa shape index (κ1) is 18.5. The van der Waals surface area contributed by atoms with Gasteiger partial charge in [0.15, 0.2) is 0 Å². The van der Waals surface area contributed by atoms with Crippen molar-refractivity contribution in [1.29, 1.82) is 0 Å². The average Bonchev–Trinajstić information content (AvgIpc) is 2.91. The van der Waals surface area contributed by atoms with Crippen LogP contribution in [0.4, 0.5) is 0 Å². The van der Waals surface area contributed by atoms with Gasteiger partial charge >= 0.3 is 0 Å². The second-order valence-corrected chi connectivity index (χ2v) is 5.88. The predicted molar refractivity (Wildman–Crippen MR) is 94.3 cm³/mol. The molecule has 1 heterocycles. The number of hydrogen-bond donors (Lipinski definition) is 2. The number of benzene rings is 1. The van der Waals surface area contributed by atoms with E-state index in [2.05, 4.69) is 10.4 Å². The molecule has 134 valence electrons. The molecule has 25 heavy (non-hydrogen) atoms. The summed E-state index contributed by atoms with van der Waals surface area (Å²) in [5.74, 6) is -0.436. The number of ether oxygens (including phenoxy) is 1. The van der Waals surface area contributed by atoms with Crippen molar-refractivity contribution >= 4 is 11.8 Å². The van der Waals surface area contributed by atoms with Crippen LogP contribution in [-0.2, 0) is 18.3 Å². The highest BCUT2D eigenvalue weighted by Gasteiger charge is 2.19. The minimum atomic E-state index is -0.490. The number of aromatic nitrogens is 2. The quantitative estimate of drug-likeness (QED) is 0.751. The van der Waals surface area contributed by atoms with Gasteiger partial charge in [-0.05, 0) is 44.0 Å². The van der Waals surface area contributed by atoms with Crippen molar-refractivity contribution in [3.8, 4) is 5.75 Å². The molecule has 0 saturated heterocycles. The second kappa shape index (κ2) is 8.32. The number of nitrogens with zero attached hydrogens (tertiary/aromatic N) is 2. The van der Waals surface area contributed by atoms with Crippen LogP contribution in [0.15, 0.2) is 30.3 Å². The van der Waals surface area contributed by atoms with Crippen LogP contribution in [0.2, 0.25) is 0 Å². The van der Waals surface area contributed by atoms with E-state index >= 15 is 0 Å². The summed E-state index contributed by atoms with van der Waals surface area (Å²) in [7, 11) is 1.70. The Labute approximate surface area is 147 Å². The number of amides is 2. The zero-order chi connectivity index (χ0) is 18.4. The Bertz CT molecular complexity index is 737. The fourth-order valence-corrected chi connectivity index (χ4v) is 2.58. The van der Waals surface area contributed by atoms with Gasteiger partial charge in [-0.3, -0.25) is 14.3 Å². The monoisotopic (exact) mass is 344 g/mol. The smallest absolute Gasteiger partial charge is 0.269 e. The van der Waals surface area contributed by atoms with E-state index in [1.54, 1.807) is 13.1 Å². The van der Waals surface area contributed by atoms with Crippen LogP contribution in [0.25, 0.3) is 0 Å². The van der Waals surface area contributed by atoms with Gasteiger partial charge in [-0.1, -0.05) is 12.1 Å². The van der Waals surface area contributed by atoms with Gasteiger partial charge < -0.3 is 15.8 Å². The number of aryl methyl sites for hydroxylation is 2. The standard InChI is InChI=1S/C18H24N4O3/c1-4-25-15-7-5-13(6-8-15)10-14(17(19)23)11-20-18(24)16-9-12(2)21-22(16)3/h5-9,14H,4,10-11H2,1-3H3,(H2,19,23)(H,20,24)/t14-/m1/s1. The predicted octanol–water partition coefficient (Wildman–Crippen LogP) is 1.20. The van der Waals surface area contributed by atoms with Gasteiger partial charge in [-0.2, -0.15) is 5.10 Å². The van der Waals surface area contributed by atoms with E-state index in [9.17, 15) is 9.59 Å². The first-order valence-corrected chi connectivity index (χ1v) is 8.20. The summed E-state index contributed by atoms with van der Waals surface area (Å²) in [6.07, 6.45) is 0.451. The van der Waals surface area contributed by atoms with Gasteiger partial charge in [-0.15, -0.1) is 0 Å². The highest BCUT2D eigenvalue weighted by atomic mass is 16.5. The van der Waals surface area contributed by atoms with Gasteiger partial charge in [0.05, 0.1) is 18.2 Å². The largest absolute Gasteiger partial charge is 0.494 e. The molecule has 0 aliphatic rings. The number of rotatable bonds is 8. The number of carbonyl (C=O) groups excluding carboxylic acids is 2. The van der Waals surface area contributed by atoms with E-state index in [1.807, 2.05) is 38.1 Å². The van der Waals surface area contributed by atoms with Crippen molar-refractivity contribution in [2.24, 2.45) is 18.7 Å². The first-order chi connectivity index (χ1) is 11.9. The maximum Gasteiger partial charge on any atom is 0.269 e. The lowest BCUT2D eigenvalue weighted by Crippen LogP contribution is -2.37. The zero-order valence-corrected chi connectivity index (χ0v) is 14.8.